The van der Waals surface area contributed by atoms with Crippen molar-refractivity contribution >= 4 is 29.7 Å². The first-order chi connectivity index (χ1) is 13.3. The minimum absolute atomic E-state index is 0.0346. The van der Waals surface area contributed by atoms with Crippen LogP contribution in [0.5, 0.6) is 0 Å². The number of carbonyl (C=O) groups is 5. The highest BCUT2D eigenvalue weighted by Gasteiger charge is 2.29. The lowest BCUT2D eigenvalue weighted by Gasteiger charge is -2.24. The maximum Gasteiger partial charge on any atom is 0.326 e. The van der Waals surface area contributed by atoms with E-state index in [9.17, 15) is 29.1 Å². The maximum absolute atomic E-state index is 12.5. The fraction of sp³-hybridized carbons (Fsp3) is 0.722. The summed E-state index contributed by atoms with van der Waals surface area (Å²) in [5.74, 6) is -4.54. The Labute approximate surface area is 169 Å². The summed E-state index contributed by atoms with van der Waals surface area (Å²) in [7, 11) is 0. The maximum atomic E-state index is 12.5. The van der Waals surface area contributed by atoms with Crippen molar-refractivity contribution in [2.45, 2.75) is 65.1 Å². The lowest BCUT2D eigenvalue weighted by molar-refractivity contribution is -0.143. The fourth-order valence-electron chi connectivity index (χ4n) is 2.42. The molecule has 0 aromatic rings. The molecule has 0 aliphatic carbocycles. The van der Waals surface area contributed by atoms with Crippen LogP contribution < -0.4 is 21.7 Å². The molecule has 29 heavy (non-hydrogen) atoms. The minimum Gasteiger partial charge on any atom is -0.481 e. The van der Waals surface area contributed by atoms with Crippen LogP contribution in [0.15, 0.2) is 0 Å². The molecule has 0 radical (unpaired) electrons. The van der Waals surface area contributed by atoms with Crippen molar-refractivity contribution in [2.24, 2.45) is 17.6 Å². The zero-order valence-electron chi connectivity index (χ0n) is 17.2. The van der Waals surface area contributed by atoms with E-state index >= 15 is 0 Å². The predicted octanol–water partition coefficient (Wildman–Crippen LogP) is -0.949. The molecule has 0 rings (SSSR count). The predicted molar refractivity (Wildman–Crippen MR) is 104 cm³/mol. The second kappa shape index (κ2) is 12.7. The van der Waals surface area contributed by atoms with E-state index in [1.165, 1.54) is 0 Å². The summed E-state index contributed by atoms with van der Waals surface area (Å²) in [4.78, 5) is 58.2. The number of nitrogens with two attached hydrogens (primary N) is 1. The van der Waals surface area contributed by atoms with Gasteiger partial charge in [-0.15, -0.1) is 0 Å². The monoisotopic (exact) mass is 416 g/mol. The fourth-order valence-corrected chi connectivity index (χ4v) is 2.42. The van der Waals surface area contributed by atoms with E-state index in [4.69, 9.17) is 10.8 Å². The van der Waals surface area contributed by atoms with E-state index < -0.39 is 54.3 Å². The Balaban J connectivity index is 4.82. The first-order valence-electron chi connectivity index (χ1n) is 9.42. The largest absolute Gasteiger partial charge is 0.481 e. The van der Waals surface area contributed by atoms with Crippen LogP contribution >= 0.6 is 0 Å². The highest BCUT2D eigenvalue weighted by molar-refractivity contribution is 5.92. The number of amides is 3. The van der Waals surface area contributed by atoms with Gasteiger partial charge in [0.2, 0.25) is 17.7 Å². The molecule has 0 bridgehead atoms. The molecule has 3 unspecified atom stereocenters. The van der Waals surface area contributed by atoms with E-state index in [-0.39, 0.29) is 31.1 Å². The zero-order valence-corrected chi connectivity index (χ0v) is 17.2. The van der Waals surface area contributed by atoms with Crippen LogP contribution in [0.4, 0.5) is 0 Å². The Morgan fingerprint density at radius 2 is 1.52 bits per heavy atom. The van der Waals surface area contributed by atoms with Gasteiger partial charge in [-0.1, -0.05) is 27.7 Å². The van der Waals surface area contributed by atoms with Crippen molar-refractivity contribution in [1.82, 2.24) is 16.0 Å². The lowest BCUT2D eigenvalue weighted by atomic mass is 10.0. The Morgan fingerprint density at radius 1 is 0.931 bits per heavy atom. The van der Waals surface area contributed by atoms with Crippen LogP contribution in [0, 0.1) is 11.8 Å². The molecule has 0 aliphatic rings. The SMILES string of the molecule is CC(C)CC(NC(=O)CNC(=O)C(N)CCC(=O)O)C(=O)NC(C(=O)O)C(C)C. The molecule has 3 atom stereocenters. The Morgan fingerprint density at radius 3 is 1.97 bits per heavy atom. The molecule has 7 N–H and O–H groups in total. The normalized spacial score (nSPS) is 14.0. The van der Waals surface area contributed by atoms with Gasteiger partial charge < -0.3 is 31.9 Å². The third-order valence-electron chi connectivity index (χ3n) is 4.02. The molecule has 11 heteroatoms. The average molecular weight is 416 g/mol. The van der Waals surface area contributed by atoms with Gasteiger partial charge in [0, 0.05) is 6.42 Å². The lowest BCUT2D eigenvalue weighted by Crippen LogP contribution is -2.55. The van der Waals surface area contributed by atoms with E-state index in [1.54, 1.807) is 13.8 Å². The van der Waals surface area contributed by atoms with Crippen LogP contribution in [0.1, 0.15) is 47.0 Å². The summed E-state index contributed by atoms with van der Waals surface area (Å²) in [5.41, 5.74) is 5.55. The van der Waals surface area contributed by atoms with Crippen molar-refractivity contribution in [2.75, 3.05) is 6.54 Å². The smallest absolute Gasteiger partial charge is 0.326 e. The summed E-state index contributed by atoms with van der Waals surface area (Å²) in [6.07, 6.45) is -0.0843. The molecule has 0 saturated heterocycles. The molecule has 0 heterocycles. The van der Waals surface area contributed by atoms with Crippen LogP contribution in [0.3, 0.4) is 0 Å². The second-order valence-electron chi connectivity index (χ2n) is 7.57. The van der Waals surface area contributed by atoms with Crippen LogP contribution in [0.25, 0.3) is 0 Å². The second-order valence-corrected chi connectivity index (χ2v) is 7.57. The summed E-state index contributed by atoms with van der Waals surface area (Å²) in [6.45, 7) is 6.53. The number of carboxylic acids is 2. The molecule has 0 aliphatic heterocycles. The molecule has 0 spiro atoms. The van der Waals surface area contributed by atoms with Gasteiger partial charge in [0.05, 0.1) is 12.6 Å². The molecular weight excluding hydrogens is 384 g/mol. The van der Waals surface area contributed by atoms with Gasteiger partial charge in [-0.05, 0) is 24.7 Å². The summed E-state index contributed by atoms with van der Waals surface area (Å²) < 4.78 is 0. The third kappa shape index (κ3) is 11.0. The number of nitrogens with one attached hydrogen (secondary N) is 3. The van der Waals surface area contributed by atoms with Crippen molar-refractivity contribution in [3.8, 4) is 0 Å². The minimum atomic E-state index is -1.18. The topological polar surface area (TPSA) is 188 Å². The van der Waals surface area contributed by atoms with Gasteiger partial charge in [0.15, 0.2) is 0 Å². The first-order valence-corrected chi connectivity index (χ1v) is 9.42. The first kappa shape index (κ1) is 26.3. The molecule has 3 amide bonds. The molecule has 166 valence electrons. The van der Waals surface area contributed by atoms with Crippen LogP contribution in [0.2, 0.25) is 0 Å². The van der Waals surface area contributed by atoms with Crippen molar-refractivity contribution in [3.05, 3.63) is 0 Å². The zero-order chi connectivity index (χ0) is 22.7. The Hall–Kier alpha value is -2.69. The van der Waals surface area contributed by atoms with Crippen molar-refractivity contribution in [1.29, 1.82) is 0 Å². The van der Waals surface area contributed by atoms with Gasteiger partial charge in [0.1, 0.15) is 12.1 Å². The molecular formula is C18H32N4O7. The Bertz CT molecular complexity index is 607. The molecule has 0 aromatic carbocycles. The number of hydrogen-bond donors (Lipinski definition) is 6. The van der Waals surface area contributed by atoms with Crippen molar-refractivity contribution < 1.29 is 34.2 Å². The van der Waals surface area contributed by atoms with E-state index in [2.05, 4.69) is 16.0 Å². The van der Waals surface area contributed by atoms with Crippen LogP contribution in [-0.4, -0.2) is 64.5 Å². The van der Waals surface area contributed by atoms with E-state index in [1.807, 2.05) is 13.8 Å². The number of rotatable bonds is 13. The van der Waals surface area contributed by atoms with Crippen molar-refractivity contribution in [3.63, 3.8) is 0 Å². The van der Waals surface area contributed by atoms with Gasteiger partial charge >= 0.3 is 11.9 Å². The highest BCUT2D eigenvalue weighted by Crippen LogP contribution is 2.08. The molecule has 11 nitrogen and oxygen atoms in total. The van der Waals surface area contributed by atoms with Gasteiger partial charge in [0.25, 0.3) is 0 Å². The summed E-state index contributed by atoms with van der Waals surface area (Å²) >= 11 is 0. The van der Waals surface area contributed by atoms with Gasteiger partial charge in [-0.3, -0.25) is 19.2 Å². The van der Waals surface area contributed by atoms with E-state index in [0.29, 0.717) is 0 Å². The summed E-state index contributed by atoms with van der Waals surface area (Å²) in [5, 5.41) is 25.0. The molecule has 0 saturated carbocycles. The third-order valence-corrected chi connectivity index (χ3v) is 4.02. The highest BCUT2D eigenvalue weighted by atomic mass is 16.4. The molecule has 0 aromatic heterocycles. The number of hydrogen-bond acceptors (Lipinski definition) is 6. The Kier molecular flexibility index (Phi) is 11.5. The van der Waals surface area contributed by atoms with E-state index in [0.717, 1.165) is 0 Å². The number of carboxylic acid groups (broad SMARTS) is 2. The molecule has 0 fully saturated rings. The standard InChI is InChI=1S/C18H32N4O7/c1-9(2)7-12(17(27)22-15(10(3)4)18(28)29)21-13(23)8-20-16(26)11(19)5-6-14(24)25/h9-12,15H,5-8,19H2,1-4H3,(H,20,26)(H,21,23)(H,22,27)(H,24,25)(H,28,29). The van der Waals surface area contributed by atoms with Gasteiger partial charge in [-0.25, -0.2) is 4.79 Å². The summed E-state index contributed by atoms with van der Waals surface area (Å²) in [6, 6.07) is -3.14. The quantitative estimate of drug-likeness (QED) is 0.221. The van der Waals surface area contributed by atoms with Crippen LogP contribution in [-0.2, 0) is 24.0 Å². The average Bonchev–Trinajstić information content (AvgIpc) is 2.60. The number of carbonyl (C=O) groups excluding carboxylic acids is 3. The van der Waals surface area contributed by atoms with Gasteiger partial charge in [-0.2, -0.15) is 0 Å². The number of aliphatic carboxylic acids is 2.